The number of ether oxygens (including phenoxy) is 1. The lowest BCUT2D eigenvalue weighted by atomic mass is 10.1. The van der Waals surface area contributed by atoms with Crippen molar-refractivity contribution in [1.82, 2.24) is 14.9 Å². The van der Waals surface area contributed by atoms with Gasteiger partial charge >= 0.3 is 0 Å². The number of aromatic nitrogens is 2. The topological polar surface area (TPSA) is 50.3 Å². The molecule has 6 heteroatoms. The fourth-order valence-corrected chi connectivity index (χ4v) is 2.87. The van der Waals surface area contributed by atoms with Gasteiger partial charge in [0.2, 0.25) is 0 Å². The van der Waals surface area contributed by atoms with Crippen molar-refractivity contribution in [2.24, 2.45) is 0 Å². The molecule has 1 fully saturated rings. The van der Waals surface area contributed by atoms with Gasteiger partial charge in [-0.15, -0.1) is 0 Å². The minimum Gasteiger partial charge on any atom is -0.388 e. The van der Waals surface area contributed by atoms with Gasteiger partial charge in [-0.25, -0.2) is 0 Å². The second-order valence-electron chi connectivity index (χ2n) is 5.73. The number of pyridine rings is 2. The van der Waals surface area contributed by atoms with Crippen molar-refractivity contribution >= 4 is 17.3 Å². The zero-order valence-electron chi connectivity index (χ0n) is 13.4. The molecule has 1 atom stereocenters. The standard InChI is InChI=1S/C17H21ClN4O/c1-12-7-15(19-2)8-16(21-12)17-11-22(5-6-23-17)10-14-4-3-13(18)9-20-14/h3-4,7-9,17H,5-6,10-11H2,1-2H3,(H,19,21)/t17-/m1/s1. The van der Waals surface area contributed by atoms with Crippen LogP contribution in [0.15, 0.2) is 30.5 Å². The molecule has 2 aromatic rings. The zero-order valence-corrected chi connectivity index (χ0v) is 14.2. The number of halogens is 1. The Balaban J connectivity index is 1.70. The molecule has 1 saturated heterocycles. The molecule has 0 amide bonds. The Morgan fingerprint density at radius 3 is 3.00 bits per heavy atom. The van der Waals surface area contributed by atoms with E-state index >= 15 is 0 Å². The summed E-state index contributed by atoms with van der Waals surface area (Å²) in [6.45, 7) is 5.20. The summed E-state index contributed by atoms with van der Waals surface area (Å²) in [5.74, 6) is 0. The van der Waals surface area contributed by atoms with Crippen LogP contribution >= 0.6 is 11.6 Å². The molecule has 1 aliphatic rings. The van der Waals surface area contributed by atoms with Gasteiger partial charge in [0.05, 0.1) is 23.0 Å². The molecule has 5 nitrogen and oxygen atoms in total. The third kappa shape index (κ3) is 4.19. The number of rotatable bonds is 4. The molecule has 3 rings (SSSR count). The van der Waals surface area contributed by atoms with E-state index in [0.717, 1.165) is 42.4 Å². The van der Waals surface area contributed by atoms with Crippen LogP contribution < -0.4 is 5.32 Å². The van der Waals surface area contributed by atoms with Crippen LogP contribution in [0.1, 0.15) is 23.2 Å². The van der Waals surface area contributed by atoms with Gasteiger partial charge in [0.25, 0.3) is 0 Å². The number of morpholine rings is 1. The molecule has 0 unspecified atom stereocenters. The molecule has 0 radical (unpaired) electrons. The van der Waals surface area contributed by atoms with E-state index in [4.69, 9.17) is 16.3 Å². The number of hydrogen-bond acceptors (Lipinski definition) is 5. The molecule has 2 aromatic heterocycles. The summed E-state index contributed by atoms with van der Waals surface area (Å²) in [4.78, 5) is 11.3. The first-order valence-electron chi connectivity index (χ1n) is 7.75. The highest BCUT2D eigenvalue weighted by Crippen LogP contribution is 2.24. The fourth-order valence-electron chi connectivity index (χ4n) is 2.76. The monoisotopic (exact) mass is 332 g/mol. The van der Waals surface area contributed by atoms with Gasteiger partial charge < -0.3 is 10.1 Å². The van der Waals surface area contributed by atoms with Gasteiger partial charge in [-0.1, -0.05) is 11.6 Å². The average Bonchev–Trinajstić information content (AvgIpc) is 2.56. The molecule has 1 N–H and O–H groups in total. The Morgan fingerprint density at radius 2 is 2.26 bits per heavy atom. The van der Waals surface area contributed by atoms with Crippen molar-refractivity contribution in [3.05, 3.63) is 52.6 Å². The minimum absolute atomic E-state index is 0.0111. The number of nitrogens with one attached hydrogen (secondary N) is 1. The lowest BCUT2D eigenvalue weighted by Gasteiger charge is -2.32. The molecule has 0 aliphatic carbocycles. The van der Waals surface area contributed by atoms with E-state index in [1.165, 1.54) is 0 Å². The largest absolute Gasteiger partial charge is 0.388 e. The van der Waals surface area contributed by atoms with Gasteiger partial charge in [0.1, 0.15) is 6.10 Å². The Kier molecular flexibility index (Phi) is 5.10. The first-order chi connectivity index (χ1) is 11.1. The normalized spacial score (nSPS) is 18.8. The van der Waals surface area contributed by atoms with Crippen LogP contribution in [0.3, 0.4) is 0 Å². The molecule has 0 spiro atoms. The third-order valence-corrected chi connectivity index (χ3v) is 4.14. The number of nitrogens with zero attached hydrogens (tertiary/aromatic N) is 3. The van der Waals surface area contributed by atoms with E-state index in [1.807, 2.05) is 32.2 Å². The second kappa shape index (κ2) is 7.25. The number of hydrogen-bond donors (Lipinski definition) is 1. The van der Waals surface area contributed by atoms with Crippen molar-refractivity contribution in [1.29, 1.82) is 0 Å². The van der Waals surface area contributed by atoms with E-state index in [1.54, 1.807) is 6.20 Å². The van der Waals surface area contributed by atoms with E-state index in [-0.39, 0.29) is 6.10 Å². The highest BCUT2D eigenvalue weighted by Gasteiger charge is 2.23. The quantitative estimate of drug-likeness (QED) is 0.932. The van der Waals surface area contributed by atoms with Crippen molar-refractivity contribution in [3.8, 4) is 0 Å². The first-order valence-corrected chi connectivity index (χ1v) is 8.12. The van der Waals surface area contributed by atoms with Crippen LogP contribution in [0.5, 0.6) is 0 Å². The SMILES string of the molecule is CNc1cc(C)nc([C@H]2CN(Cc3ccc(Cl)cn3)CCO2)c1. The zero-order chi connectivity index (χ0) is 16.2. The van der Waals surface area contributed by atoms with Gasteiger partial charge in [0, 0.05) is 44.3 Å². The van der Waals surface area contributed by atoms with E-state index < -0.39 is 0 Å². The van der Waals surface area contributed by atoms with Crippen LogP contribution in [0, 0.1) is 6.92 Å². The summed E-state index contributed by atoms with van der Waals surface area (Å²) in [7, 11) is 1.92. The predicted octanol–water partition coefficient (Wildman–Crippen LogP) is 3.05. The lowest BCUT2D eigenvalue weighted by molar-refractivity contribution is -0.0353. The Morgan fingerprint density at radius 1 is 1.39 bits per heavy atom. The summed E-state index contributed by atoms with van der Waals surface area (Å²) >= 11 is 5.89. The maximum Gasteiger partial charge on any atom is 0.112 e. The minimum atomic E-state index is -0.0111. The summed E-state index contributed by atoms with van der Waals surface area (Å²) in [6.07, 6.45) is 1.68. The Labute approximate surface area is 141 Å². The summed E-state index contributed by atoms with van der Waals surface area (Å²) in [5.41, 5.74) is 4.05. The maximum atomic E-state index is 5.93. The first kappa shape index (κ1) is 16.2. The third-order valence-electron chi connectivity index (χ3n) is 3.92. The highest BCUT2D eigenvalue weighted by molar-refractivity contribution is 6.30. The van der Waals surface area contributed by atoms with Gasteiger partial charge in [-0.2, -0.15) is 0 Å². The molecule has 122 valence electrons. The van der Waals surface area contributed by atoms with Crippen molar-refractivity contribution in [2.45, 2.75) is 19.6 Å². The lowest BCUT2D eigenvalue weighted by Crippen LogP contribution is -2.38. The Hall–Kier alpha value is -1.69. The van der Waals surface area contributed by atoms with Crippen molar-refractivity contribution < 1.29 is 4.74 Å². The van der Waals surface area contributed by atoms with Gasteiger partial charge in [-0.05, 0) is 31.2 Å². The van der Waals surface area contributed by atoms with Crippen molar-refractivity contribution in [2.75, 3.05) is 32.1 Å². The van der Waals surface area contributed by atoms with Crippen LogP contribution in [0.4, 0.5) is 5.69 Å². The molecule has 3 heterocycles. The van der Waals surface area contributed by atoms with E-state index in [0.29, 0.717) is 11.6 Å². The smallest absolute Gasteiger partial charge is 0.112 e. The summed E-state index contributed by atoms with van der Waals surface area (Å²) in [5, 5.41) is 3.84. The fraction of sp³-hybridized carbons (Fsp3) is 0.412. The number of aryl methyl sites for hydroxylation is 1. The van der Waals surface area contributed by atoms with Gasteiger partial charge in [-0.3, -0.25) is 14.9 Å². The predicted molar refractivity (Wildman–Crippen MR) is 91.7 cm³/mol. The second-order valence-corrected chi connectivity index (χ2v) is 6.17. The summed E-state index contributed by atoms with van der Waals surface area (Å²) in [6, 6.07) is 7.93. The van der Waals surface area contributed by atoms with Gasteiger partial charge in [0.15, 0.2) is 0 Å². The summed E-state index contributed by atoms with van der Waals surface area (Å²) < 4.78 is 5.93. The van der Waals surface area contributed by atoms with Crippen LogP contribution in [0.2, 0.25) is 5.02 Å². The molecule has 0 aromatic carbocycles. The molecule has 1 aliphatic heterocycles. The Bertz CT molecular complexity index is 662. The average molecular weight is 333 g/mol. The number of anilines is 1. The maximum absolute atomic E-state index is 5.93. The van der Waals surface area contributed by atoms with Crippen LogP contribution in [0.25, 0.3) is 0 Å². The van der Waals surface area contributed by atoms with Crippen LogP contribution in [-0.2, 0) is 11.3 Å². The molecule has 23 heavy (non-hydrogen) atoms. The molecule has 0 bridgehead atoms. The van der Waals surface area contributed by atoms with Crippen LogP contribution in [-0.4, -0.2) is 41.6 Å². The van der Waals surface area contributed by atoms with E-state index in [9.17, 15) is 0 Å². The molecule has 0 saturated carbocycles. The highest BCUT2D eigenvalue weighted by atomic mass is 35.5. The molecular formula is C17H21ClN4O. The molecular weight excluding hydrogens is 312 g/mol. The van der Waals surface area contributed by atoms with Crippen molar-refractivity contribution in [3.63, 3.8) is 0 Å². The van der Waals surface area contributed by atoms with E-state index in [2.05, 4.69) is 26.3 Å².